The summed E-state index contributed by atoms with van der Waals surface area (Å²) >= 11 is 0. The first-order valence-electron chi connectivity index (χ1n) is 11.4. The van der Waals surface area contributed by atoms with Crippen LogP contribution >= 0.6 is 0 Å². The lowest BCUT2D eigenvalue weighted by Crippen LogP contribution is -2.51. The molecule has 0 spiro atoms. The fourth-order valence-corrected chi connectivity index (χ4v) is 5.17. The maximum atomic E-state index is 12.4. The van der Waals surface area contributed by atoms with Crippen LogP contribution in [-0.4, -0.2) is 47.9 Å². The van der Waals surface area contributed by atoms with Gasteiger partial charge in [0, 0.05) is 37.3 Å². The van der Waals surface area contributed by atoms with Gasteiger partial charge < -0.3 is 19.6 Å². The largest absolute Gasteiger partial charge is 0.508 e. The first-order valence-corrected chi connectivity index (χ1v) is 11.4. The third kappa shape index (κ3) is 4.26. The number of ether oxygens (including phenoxy) is 1. The monoisotopic (exact) mass is 416 g/mol. The summed E-state index contributed by atoms with van der Waals surface area (Å²) in [5, 5.41) is 10.4. The predicted molar refractivity (Wildman–Crippen MR) is 122 cm³/mol. The van der Waals surface area contributed by atoms with Gasteiger partial charge in [-0.15, -0.1) is 0 Å². The Labute approximate surface area is 182 Å². The fourth-order valence-electron chi connectivity index (χ4n) is 5.17. The number of phenols is 1. The van der Waals surface area contributed by atoms with Crippen LogP contribution in [0, 0.1) is 11.3 Å². The standard InChI is InChI=1S/C25H40N2O3/c1-18-9-8-12-25(7,24(18,5)6)20-17-19(28)10-11-21(20)26-13-15-27(16-14-26)22(29)30-23(2,3)4/h10-11,17-18,28H,8-9,12-16H2,1-7H3. The van der Waals surface area contributed by atoms with E-state index < -0.39 is 5.60 Å². The van der Waals surface area contributed by atoms with Crippen LogP contribution in [0.5, 0.6) is 5.75 Å². The Morgan fingerprint density at radius 1 is 1.13 bits per heavy atom. The van der Waals surface area contributed by atoms with E-state index in [1.807, 2.05) is 26.8 Å². The molecule has 1 aromatic carbocycles. The summed E-state index contributed by atoms with van der Waals surface area (Å²) in [7, 11) is 0. The minimum Gasteiger partial charge on any atom is -0.508 e. The van der Waals surface area contributed by atoms with E-state index in [2.05, 4.69) is 38.7 Å². The Bertz CT molecular complexity index is 775. The molecular formula is C25H40N2O3. The molecule has 1 amide bonds. The van der Waals surface area contributed by atoms with Gasteiger partial charge in [-0.1, -0.05) is 40.5 Å². The van der Waals surface area contributed by atoms with E-state index >= 15 is 0 Å². The number of hydrogen-bond donors (Lipinski definition) is 1. The SMILES string of the molecule is CC1CCCC(C)(c2cc(O)ccc2N2CCN(C(=O)OC(C)(C)C)CC2)C1(C)C. The van der Waals surface area contributed by atoms with Crippen LogP contribution in [0.15, 0.2) is 18.2 Å². The van der Waals surface area contributed by atoms with E-state index in [9.17, 15) is 9.90 Å². The molecule has 5 nitrogen and oxygen atoms in total. The van der Waals surface area contributed by atoms with Crippen molar-refractivity contribution in [1.29, 1.82) is 0 Å². The van der Waals surface area contributed by atoms with Crippen molar-refractivity contribution in [3.8, 4) is 5.75 Å². The van der Waals surface area contributed by atoms with Crippen molar-refractivity contribution in [3.63, 3.8) is 0 Å². The van der Waals surface area contributed by atoms with Crippen LogP contribution < -0.4 is 4.90 Å². The first-order chi connectivity index (χ1) is 13.8. The van der Waals surface area contributed by atoms with Crippen LogP contribution in [0.1, 0.15) is 73.3 Å². The van der Waals surface area contributed by atoms with Crippen LogP contribution in [0.2, 0.25) is 0 Å². The number of benzene rings is 1. The second-order valence-electron chi connectivity index (χ2n) is 11.0. The molecule has 3 rings (SSSR count). The number of aromatic hydroxyl groups is 1. The van der Waals surface area contributed by atoms with Crippen molar-refractivity contribution in [3.05, 3.63) is 23.8 Å². The van der Waals surface area contributed by atoms with Crippen molar-refractivity contribution >= 4 is 11.8 Å². The van der Waals surface area contributed by atoms with E-state index in [4.69, 9.17) is 4.74 Å². The van der Waals surface area contributed by atoms with E-state index in [-0.39, 0.29) is 16.9 Å². The van der Waals surface area contributed by atoms with Gasteiger partial charge >= 0.3 is 6.09 Å². The molecule has 1 aromatic rings. The third-order valence-electron chi connectivity index (χ3n) is 7.81. The topological polar surface area (TPSA) is 53.0 Å². The van der Waals surface area contributed by atoms with Crippen molar-refractivity contribution in [2.45, 2.75) is 78.7 Å². The number of carbonyl (C=O) groups excluding carboxylic acids is 1. The molecule has 1 aliphatic heterocycles. The van der Waals surface area contributed by atoms with Crippen molar-refractivity contribution in [1.82, 2.24) is 4.90 Å². The van der Waals surface area contributed by atoms with Gasteiger partial charge in [-0.25, -0.2) is 4.79 Å². The predicted octanol–water partition coefficient (Wildman–Crippen LogP) is 5.55. The Morgan fingerprint density at radius 2 is 1.77 bits per heavy atom. The van der Waals surface area contributed by atoms with E-state index in [1.54, 1.807) is 11.0 Å². The average Bonchev–Trinajstić information content (AvgIpc) is 2.65. The second kappa shape index (κ2) is 7.97. The second-order valence-corrected chi connectivity index (χ2v) is 11.0. The van der Waals surface area contributed by atoms with Crippen LogP contribution in [0.3, 0.4) is 0 Å². The van der Waals surface area contributed by atoms with E-state index in [0.717, 1.165) is 19.5 Å². The number of piperazine rings is 1. The smallest absolute Gasteiger partial charge is 0.410 e. The molecule has 0 bridgehead atoms. The molecule has 1 aliphatic carbocycles. The number of phenolic OH excluding ortho intramolecular Hbond substituents is 1. The Balaban J connectivity index is 1.85. The van der Waals surface area contributed by atoms with Gasteiger partial charge in [-0.3, -0.25) is 0 Å². The number of rotatable bonds is 2. The lowest BCUT2D eigenvalue weighted by atomic mass is 9.52. The molecule has 30 heavy (non-hydrogen) atoms. The summed E-state index contributed by atoms with van der Waals surface area (Å²) in [6.45, 7) is 18.0. The molecule has 1 saturated carbocycles. The summed E-state index contributed by atoms with van der Waals surface area (Å²) in [4.78, 5) is 16.6. The van der Waals surface area contributed by atoms with E-state index in [0.29, 0.717) is 24.8 Å². The van der Waals surface area contributed by atoms with Crippen molar-refractivity contribution < 1.29 is 14.6 Å². The van der Waals surface area contributed by atoms with Crippen LogP contribution in [0.25, 0.3) is 0 Å². The lowest BCUT2D eigenvalue weighted by Gasteiger charge is -2.53. The highest BCUT2D eigenvalue weighted by atomic mass is 16.6. The summed E-state index contributed by atoms with van der Waals surface area (Å²) in [6, 6.07) is 5.84. The Kier molecular flexibility index (Phi) is 6.05. The van der Waals surface area contributed by atoms with Crippen molar-refractivity contribution in [2.75, 3.05) is 31.1 Å². The zero-order valence-electron chi connectivity index (χ0n) is 19.9. The zero-order valence-corrected chi connectivity index (χ0v) is 19.9. The highest BCUT2D eigenvalue weighted by Gasteiger charge is 2.49. The molecule has 0 aromatic heterocycles. The molecule has 1 heterocycles. The normalized spacial score (nSPS) is 27.1. The summed E-state index contributed by atoms with van der Waals surface area (Å²) < 4.78 is 5.54. The van der Waals surface area contributed by atoms with Gasteiger partial charge in [-0.05, 0) is 62.3 Å². The molecule has 2 unspecified atom stereocenters. The molecule has 168 valence electrons. The first kappa shape index (κ1) is 22.8. The molecule has 2 aliphatic rings. The van der Waals surface area contributed by atoms with E-state index in [1.165, 1.54) is 24.1 Å². The molecule has 1 saturated heterocycles. The summed E-state index contributed by atoms with van der Waals surface area (Å²) in [6.07, 6.45) is 3.36. The maximum absolute atomic E-state index is 12.4. The minimum absolute atomic E-state index is 0.0129. The molecule has 5 heteroatoms. The fraction of sp³-hybridized carbons (Fsp3) is 0.720. The molecule has 0 radical (unpaired) electrons. The zero-order chi connectivity index (χ0) is 22.3. The number of carbonyl (C=O) groups is 1. The summed E-state index contributed by atoms with van der Waals surface area (Å²) in [5.41, 5.74) is 2.08. The van der Waals surface area contributed by atoms with Gasteiger partial charge in [0.2, 0.25) is 0 Å². The van der Waals surface area contributed by atoms with Crippen LogP contribution in [0.4, 0.5) is 10.5 Å². The maximum Gasteiger partial charge on any atom is 0.410 e. The third-order valence-corrected chi connectivity index (χ3v) is 7.81. The van der Waals surface area contributed by atoms with Gasteiger partial charge in [0.15, 0.2) is 0 Å². The molecule has 1 N–H and O–H groups in total. The average molecular weight is 417 g/mol. The quantitative estimate of drug-likeness (QED) is 0.686. The number of nitrogens with zero attached hydrogens (tertiary/aromatic N) is 2. The number of amides is 1. The number of hydrogen-bond acceptors (Lipinski definition) is 4. The van der Waals surface area contributed by atoms with Gasteiger partial charge in [0.1, 0.15) is 11.4 Å². The minimum atomic E-state index is -0.476. The lowest BCUT2D eigenvalue weighted by molar-refractivity contribution is 0.0239. The van der Waals surface area contributed by atoms with Gasteiger partial charge in [0.25, 0.3) is 0 Å². The Hall–Kier alpha value is -1.91. The molecule has 2 fully saturated rings. The van der Waals surface area contributed by atoms with Crippen molar-refractivity contribution in [2.24, 2.45) is 11.3 Å². The van der Waals surface area contributed by atoms with Crippen LogP contribution in [-0.2, 0) is 10.2 Å². The number of anilines is 1. The summed E-state index contributed by atoms with van der Waals surface area (Å²) in [5.74, 6) is 0.951. The highest BCUT2D eigenvalue weighted by Crippen LogP contribution is 2.56. The Morgan fingerprint density at radius 3 is 2.37 bits per heavy atom. The molecular weight excluding hydrogens is 376 g/mol. The van der Waals surface area contributed by atoms with Gasteiger partial charge in [0.05, 0.1) is 0 Å². The molecule has 2 atom stereocenters. The van der Waals surface area contributed by atoms with Gasteiger partial charge in [-0.2, -0.15) is 0 Å². The highest BCUT2D eigenvalue weighted by molar-refractivity contribution is 5.69.